The normalized spacial score (nSPS) is 35.0. The Labute approximate surface area is 232 Å². The summed E-state index contributed by atoms with van der Waals surface area (Å²) in [7, 11) is 1.65. The first kappa shape index (κ1) is 29.4. The van der Waals surface area contributed by atoms with Gasteiger partial charge in [0.1, 0.15) is 12.1 Å². The van der Waals surface area contributed by atoms with Crippen LogP contribution in [0.3, 0.4) is 0 Å². The van der Waals surface area contributed by atoms with E-state index in [9.17, 15) is 26.7 Å². The van der Waals surface area contributed by atoms with E-state index in [0.29, 0.717) is 24.9 Å². The number of hydrogen-bond acceptors (Lipinski definition) is 4. The van der Waals surface area contributed by atoms with Crippen molar-refractivity contribution >= 4 is 16.8 Å². The van der Waals surface area contributed by atoms with E-state index in [2.05, 4.69) is 24.0 Å². The molecule has 0 bridgehead atoms. The highest BCUT2D eigenvalue weighted by Crippen LogP contribution is 2.66. The zero-order chi connectivity index (χ0) is 29.0. The summed E-state index contributed by atoms with van der Waals surface area (Å²) in [5, 5.41) is 8.25. The maximum absolute atomic E-state index is 14.2. The molecule has 1 heterocycles. The van der Waals surface area contributed by atoms with Gasteiger partial charge >= 0.3 is 6.18 Å². The molecule has 3 saturated carbocycles. The second kappa shape index (κ2) is 10.6. The summed E-state index contributed by atoms with van der Waals surface area (Å²) in [6.45, 7) is 6.02. The fourth-order valence-electron chi connectivity index (χ4n) is 8.99. The Hall–Kier alpha value is -2.10. The third kappa shape index (κ3) is 4.86. The second-order valence-electron chi connectivity index (χ2n) is 13.1. The smallest absolute Gasteiger partial charge is 0.384 e. The van der Waals surface area contributed by atoms with Crippen molar-refractivity contribution in [3.05, 3.63) is 23.8 Å². The van der Waals surface area contributed by atoms with Crippen LogP contribution in [-0.2, 0) is 16.1 Å². The van der Waals surface area contributed by atoms with Gasteiger partial charge in [-0.2, -0.15) is 23.1 Å². The van der Waals surface area contributed by atoms with Crippen molar-refractivity contribution in [3.8, 4) is 0 Å². The minimum atomic E-state index is -4.20. The van der Waals surface area contributed by atoms with Crippen molar-refractivity contribution in [2.75, 3.05) is 13.7 Å². The van der Waals surface area contributed by atoms with Gasteiger partial charge in [0, 0.05) is 13.0 Å². The average molecular weight is 570 g/mol. The van der Waals surface area contributed by atoms with Crippen LogP contribution in [0.1, 0.15) is 72.1 Å². The van der Waals surface area contributed by atoms with Crippen molar-refractivity contribution in [3.63, 3.8) is 0 Å². The van der Waals surface area contributed by atoms with Crippen LogP contribution in [0.5, 0.6) is 0 Å². The summed E-state index contributed by atoms with van der Waals surface area (Å²) < 4.78 is 73.8. The number of nitrogens with zero attached hydrogens (tertiary/aromatic N) is 3. The van der Waals surface area contributed by atoms with Crippen molar-refractivity contribution in [1.29, 1.82) is 0 Å². The highest BCUT2D eigenvalue weighted by molar-refractivity contribution is 5.82. The molecule has 5 rings (SSSR count). The van der Waals surface area contributed by atoms with Crippen LogP contribution >= 0.6 is 0 Å². The first-order chi connectivity index (χ1) is 18.8. The summed E-state index contributed by atoms with van der Waals surface area (Å²) in [4.78, 5) is 14.8. The van der Waals surface area contributed by atoms with Crippen LogP contribution in [-0.4, -0.2) is 40.7 Å². The zero-order valence-corrected chi connectivity index (χ0v) is 23.7. The Balaban J connectivity index is 1.35. The third-order valence-electron chi connectivity index (χ3n) is 11.3. The summed E-state index contributed by atoms with van der Waals surface area (Å²) in [5.41, 5.74) is -0.511. The number of hydrogen-bond donors (Lipinski definition) is 0. The Morgan fingerprint density at radius 3 is 2.58 bits per heavy atom. The molecular formula is C30H40F5N3O2. The number of methoxy groups -OCH3 is 1. The molecule has 0 N–H and O–H groups in total. The number of halogens is 5. The van der Waals surface area contributed by atoms with E-state index in [1.807, 2.05) is 0 Å². The fraction of sp³-hybridized carbons (Fsp3) is 0.767. The zero-order valence-electron chi connectivity index (χ0n) is 23.7. The van der Waals surface area contributed by atoms with E-state index in [0.717, 1.165) is 44.6 Å². The van der Waals surface area contributed by atoms with Gasteiger partial charge in [-0.1, -0.05) is 20.8 Å². The lowest BCUT2D eigenvalue weighted by atomic mass is 9.46. The molecule has 2 aromatic rings. The minimum Gasteiger partial charge on any atom is -0.384 e. The van der Waals surface area contributed by atoms with Crippen LogP contribution in [0, 0.1) is 58.0 Å². The highest BCUT2D eigenvalue weighted by atomic mass is 19.4. The van der Waals surface area contributed by atoms with Crippen molar-refractivity contribution in [2.45, 2.75) is 84.9 Å². The number of benzene rings is 1. The predicted molar refractivity (Wildman–Crippen MR) is 140 cm³/mol. The Kier molecular flexibility index (Phi) is 7.81. The molecule has 3 aliphatic carbocycles. The first-order valence-electron chi connectivity index (χ1n) is 14.6. The van der Waals surface area contributed by atoms with Gasteiger partial charge in [-0.3, -0.25) is 4.79 Å². The van der Waals surface area contributed by atoms with Gasteiger partial charge in [0.25, 0.3) is 0 Å². The quantitative estimate of drug-likeness (QED) is 0.311. The minimum absolute atomic E-state index is 0.00373. The summed E-state index contributed by atoms with van der Waals surface area (Å²) in [6, 6.07) is 2.35. The summed E-state index contributed by atoms with van der Waals surface area (Å²) >= 11 is 0. The maximum Gasteiger partial charge on any atom is 0.391 e. The molecule has 5 nitrogen and oxygen atoms in total. The molecule has 0 aliphatic heterocycles. The molecular weight excluding hydrogens is 529 g/mol. The van der Waals surface area contributed by atoms with Gasteiger partial charge < -0.3 is 4.74 Å². The van der Waals surface area contributed by atoms with Gasteiger partial charge in [0.2, 0.25) is 0 Å². The molecule has 0 unspecified atom stereocenters. The number of alkyl halides is 3. The highest BCUT2D eigenvalue weighted by Gasteiger charge is 2.61. The van der Waals surface area contributed by atoms with E-state index < -0.39 is 23.7 Å². The monoisotopic (exact) mass is 569 g/mol. The molecule has 3 fully saturated rings. The number of fused-ring (bicyclic) bond motifs is 4. The number of aromatic nitrogens is 3. The second-order valence-corrected chi connectivity index (χ2v) is 13.1. The molecule has 40 heavy (non-hydrogen) atoms. The van der Waals surface area contributed by atoms with E-state index in [1.54, 1.807) is 7.11 Å². The Morgan fingerprint density at radius 2 is 1.88 bits per heavy atom. The van der Waals surface area contributed by atoms with Gasteiger partial charge in [0.15, 0.2) is 22.9 Å². The fourth-order valence-corrected chi connectivity index (χ4v) is 8.99. The molecule has 1 aromatic carbocycles. The van der Waals surface area contributed by atoms with Crippen LogP contribution < -0.4 is 0 Å². The molecule has 0 amide bonds. The molecule has 8 atom stereocenters. The van der Waals surface area contributed by atoms with Crippen molar-refractivity contribution in [2.24, 2.45) is 46.3 Å². The molecule has 10 heteroatoms. The maximum atomic E-state index is 14.2. The van der Waals surface area contributed by atoms with Gasteiger partial charge in [0.05, 0.1) is 12.5 Å². The van der Waals surface area contributed by atoms with Crippen LogP contribution in [0.25, 0.3) is 11.0 Å². The van der Waals surface area contributed by atoms with E-state index in [-0.39, 0.29) is 58.4 Å². The largest absolute Gasteiger partial charge is 0.391 e. The molecule has 1 aromatic heterocycles. The summed E-state index contributed by atoms with van der Waals surface area (Å²) in [5.74, 6) is -2.46. The number of carbonyl (C=O) groups is 1. The standard InChI is InChI=1S/C30H40F5N3O2/c1-17-5-6-19-20-7-8-22(25(39)15-38-36-24-10-9-23(31)26(32)27(24)37-38)28(20,3)13-12-21(19)29(17,16-40-4)14-11-18(2)30(33,34)35/h9-10,17-22H,5-8,11-16H2,1-4H3/t17-,18+,19-,20-,21-,22+,28-,29+/m0/s1. The van der Waals surface area contributed by atoms with Crippen LogP contribution in [0.4, 0.5) is 22.0 Å². The molecule has 0 radical (unpaired) electrons. The van der Waals surface area contributed by atoms with Crippen LogP contribution in [0.2, 0.25) is 0 Å². The first-order valence-corrected chi connectivity index (χ1v) is 14.6. The van der Waals surface area contributed by atoms with Gasteiger partial charge in [-0.15, -0.1) is 5.10 Å². The lowest BCUT2D eigenvalue weighted by molar-refractivity contribution is -0.179. The number of Topliss-reactive ketones (excluding diaryl/α,β-unsaturated/α-hetero) is 1. The predicted octanol–water partition coefficient (Wildman–Crippen LogP) is 7.38. The number of rotatable bonds is 8. The summed E-state index contributed by atoms with van der Waals surface area (Å²) in [6.07, 6.45) is 1.69. The van der Waals surface area contributed by atoms with Crippen LogP contribution in [0.15, 0.2) is 12.1 Å². The Bertz CT molecular complexity index is 1250. The number of ether oxygens (including phenoxy) is 1. The topological polar surface area (TPSA) is 57.0 Å². The van der Waals surface area contributed by atoms with Gasteiger partial charge in [-0.05, 0) is 98.0 Å². The molecule has 0 spiro atoms. The van der Waals surface area contributed by atoms with E-state index in [4.69, 9.17) is 4.74 Å². The molecule has 0 saturated heterocycles. The SMILES string of the molecule is COC[C@]1(CC[C@@H](C)C(F)(F)F)[C@@H](C)CC[C@H]2[C@@H]3CC[C@H](C(=O)Cn4nc5ccc(F)c(F)c5n4)[C@@]3(C)CC[C@@H]21. The molecule has 3 aliphatic rings. The average Bonchev–Trinajstić information content (AvgIpc) is 3.47. The van der Waals surface area contributed by atoms with Crippen molar-refractivity contribution < 1.29 is 31.5 Å². The lowest BCUT2D eigenvalue weighted by Gasteiger charge is -2.59. The lowest BCUT2D eigenvalue weighted by Crippen LogP contribution is -2.55. The molecule has 222 valence electrons. The van der Waals surface area contributed by atoms with E-state index >= 15 is 0 Å². The van der Waals surface area contributed by atoms with Gasteiger partial charge in [-0.25, -0.2) is 8.78 Å². The number of carbonyl (C=O) groups excluding carboxylic acids is 1. The third-order valence-corrected chi connectivity index (χ3v) is 11.3. The van der Waals surface area contributed by atoms with Crippen molar-refractivity contribution in [1.82, 2.24) is 15.0 Å². The number of ketones is 1. The Morgan fingerprint density at radius 1 is 1.12 bits per heavy atom. The van der Waals surface area contributed by atoms with E-state index in [1.165, 1.54) is 17.8 Å².